The van der Waals surface area contributed by atoms with E-state index in [9.17, 15) is 0 Å². The van der Waals surface area contributed by atoms with Gasteiger partial charge in [0.25, 0.3) is 0 Å². The molecule has 0 saturated heterocycles. The van der Waals surface area contributed by atoms with Crippen LogP contribution in [0.3, 0.4) is 0 Å². The number of aromatic amines is 1. The van der Waals surface area contributed by atoms with Crippen molar-refractivity contribution >= 4 is 38.6 Å². The molecule has 0 aliphatic rings. The highest BCUT2D eigenvalue weighted by molar-refractivity contribution is 9.08. The molecule has 0 saturated carbocycles. The zero-order valence-corrected chi connectivity index (χ0v) is 15.0. The predicted molar refractivity (Wildman–Crippen MR) is 102 cm³/mol. The van der Waals surface area contributed by atoms with Gasteiger partial charge in [-0.2, -0.15) is 0 Å². The molecule has 1 N–H and O–H groups in total. The summed E-state index contributed by atoms with van der Waals surface area (Å²) in [6.45, 7) is 0. The monoisotopic (exact) mass is 397 g/mol. The molecule has 0 amide bonds. The second-order valence-corrected chi connectivity index (χ2v) is 6.46. The Morgan fingerprint density at radius 1 is 1.00 bits per heavy atom. The van der Waals surface area contributed by atoms with Gasteiger partial charge in [-0.3, -0.25) is 4.98 Å². The van der Waals surface area contributed by atoms with Crippen molar-refractivity contribution < 1.29 is 0 Å². The molecule has 24 heavy (non-hydrogen) atoms. The van der Waals surface area contributed by atoms with Crippen LogP contribution in [0.25, 0.3) is 33.7 Å². The molecule has 2 aromatic heterocycles. The van der Waals surface area contributed by atoms with Crippen molar-refractivity contribution in [1.29, 1.82) is 0 Å². The van der Waals surface area contributed by atoms with Crippen LogP contribution in [-0.4, -0.2) is 15.0 Å². The van der Waals surface area contributed by atoms with Crippen molar-refractivity contribution in [2.24, 2.45) is 0 Å². The summed E-state index contributed by atoms with van der Waals surface area (Å²) in [5.41, 5.74) is 5.86. The molecule has 118 valence electrons. The van der Waals surface area contributed by atoms with E-state index >= 15 is 0 Å². The lowest BCUT2D eigenvalue weighted by Gasteiger charge is -2.06. The van der Waals surface area contributed by atoms with Gasteiger partial charge in [-0.1, -0.05) is 63.9 Å². The smallest absolute Gasteiger partial charge is 0.138 e. The van der Waals surface area contributed by atoms with Crippen LogP contribution >= 0.6 is 27.5 Å². The molecule has 0 aliphatic heterocycles. The molecule has 3 nitrogen and oxygen atoms in total. The van der Waals surface area contributed by atoms with E-state index < -0.39 is 0 Å². The van der Waals surface area contributed by atoms with Crippen molar-refractivity contribution in [2.75, 3.05) is 0 Å². The average Bonchev–Trinajstić information content (AvgIpc) is 3.06. The number of rotatable bonds is 3. The van der Waals surface area contributed by atoms with Gasteiger partial charge in [0, 0.05) is 22.7 Å². The predicted octanol–water partition coefficient (Wildman–Crippen LogP) is 5.84. The Balaban J connectivity index is 1.69. The maximum Gasteiger partial charge on any atom is 0.138 e. The quantitative estimate of drug-likeness (QED) is 0.440. The van der Waals surface area contributed by atoms with Crippen LogP contribution in [0.4, 0.5) is 0 Å². The van der Waals surface area contributed by atoms with Crippen LogP contribution in [0.2, 0.25) is 5.02 Å². The minimum Gasteiger partial charge on any atom is -0.338 e. The molecule has 0 bridgehead atoms. The van der Waals surface area contributed by atoms with E-state index in [1.54, 1.807) is 0 Å². The van der Waals surface area contributed by atoms with Crippen molar-refractivity contribution in [3.63, 3.8) is 0 Å². The number of nitrogens with one attached hydrogen (secondary N) is 1. The van der Waals surface area contributed by atoms with E-state index in [1.807, 2.05) is 60.8 Å². The van der Waals surface area contributed by atoms with Crippen molar-refractivity contribution in [2.45, 2.75) is 5.33 Å². The Morgan fingerprint density at radius 3 is 2.46 bits per heavy atom. The van der Waals surface area contributed by atoms with E-state index in [1.165, 1.54) is 0 Å². The number of pyridine rings is 1. The summed E-state index contributed by atoms with van der Waals surface area (Å²) in [6, 6.07) is 18.0. The number of benzene rings is 2. The zero-order chi connectivity index (χ0) is 16.5. The number of para-hydroxylation sites is 2. The number of imidazole rings is 1. The molecular formula is C19H13BrClN3. The maximum atomic E-state index is 6.35. The van der Waals surface area contributed by atoms with E-state index in [-0.39, 0.29) is 0 Å². The number of fused-ring (bicyclic) bond motifs is 1. The van der Waals surface area contributed by atoms with E-state index in [4.69, 9.17) is 11.6 Å². The number of hydrogen-bond acceptors (Lipinski definition) is 2. The van der Waals surface area contributed by atoms with Crippen molar-refractivity contribution in [3.05, 3.63) is 71.4 Å². The first-order valence-electron chi connectivity index (χ1n) is 7.50. The molecule has 0 unspecified atom stereocenters. The van der Waals surface area contributed by atoms with Gasteiger partial charge in [0.15, 0.2) is 0 Å². The number of H-pyrrole nitrogens is 1. The molecule has 0 atom stereocenters. The molecule has 0 fully saturated rings. The minimum atomic E-state index is 0.656. The Morgan fingerprint density at radius 2 is 1.75 bits per heavy atom. The zero-order valence-electron chi connectivity index (χ0n) is 12.6. The second kappa shape index (κ2) is 6.38. The molecule has 2 aromatic carbocycles. The number of hydrogen-bond donors (Lipinski definition) is 1. The van der Waals surface area contributed by atoms with E-state index in [0.717, 1.165) is 44.6 Å². The first-order chi connectivity index (χ1) is 11.7. The molecule has 2 heterocycles. The minimum absolute atomic E-state index is 0.656. The normalized spacial score (nSPS) is 11.1. The molecule has 5 heteroatoms. The van der Waals surface area contributed by atoms with Gasteiger partial charge < -0.3 is 4.98 Å². The third kappa shape index (κ3) is 2.83. The Labute approximate surface area is 152 Å². The van der Waals surface area contributed by atoms with Gasteiger partial charge in [-0.25, -0.2) is 4.98 Å². The van der Waals surface area contributed by atoms with Crippen LogP contribution in [0.1, 0.15) is 5.56 Å². The van der Waals surface area contributed by atoms with Gasteiger partial charge in [0.1, 0.15) is 5.82 Å². The van der Waals surface area contributed by atoms with Crippen LogP contribution in [0.15, 0.2) is 60.8 Å². The molecule has 4 aromatic rings. The molecule has 0 radical (unpaired) electrons. The van der Waals surface area contributed by atoms with Crippen LogP contribution in [0, 0.1) is 0 Å². The van der Waals surface area contributed by atoms with Gasteiger partial charge in [0.2, 0.25) is 0 Å². The molecule has 4 rings (SSSR count). The van der Waals surface area contributed by atoms with Gasteiger partial charge in [-0.05, 0) is 23.8 Å². The van der Waals surface area contributed by atoms with Gasteiger partial charge >= 0.3 is 0 Å². The second-order valence-electron chi connectivity index (χ2n) is 5.49. The third-order valence-electron chi connectivity index (χ3n) is 3.87. The lowest BCUT2D eigenvalue weighted by molar-refractivity contribution is 1.26. The molecular weight excluding hydrogens is 386 g/mol. The number of nitrogens with zero attached hydrogens (tertiary/aromatic N) is 2. The Bertz CT molecular complexity index is 976. The highest BCUT2D eigenvalue weighted by Gasteiger charge is 2.08. The summed E-state index contributed by atoms with van der Waals surface area (Å²) in [5.74, 6) is 0.858. The summed E-state index contributed by atoms with van der Waals surface area (Å²) in [7, 11) is 0. The lowest BCUT2D eigenvalue weighted by atomic mass is 10.1. The number of alkyl halides is 1. The fourth-order valence-corrected chi connectivity index (χ4v) is 3.24. The molecule has 0 spiro atoms. The van der Waals surface area contributed by atoms with Crippen molar-refractivity contribution in [1.82, 2.24) is 15.0 Å². The van der Waals surface area contributed by atoms with Crippen LogP contribution < -0.4 is 0 Å². The largest absolute Gasteiger partial charge is 0.338 e. The summed E-state index contributed by atoms with van der Waals surface area (Å²) in [5, 5.41) is 1.40. The molecule has 0 aliphatic carbocycles. The number of halogens is 2. The average molecular weight is 399 g/mol. The van der Waals surface area contributed by atoms with Crippen molar-refractivity contribution in [3.8, 4) is 22.6 Å². The fraction of sp³-hybridized carbons (Fsp3) is 0.0526. The van der Waals surface area contributed by atoms with Crippen LogP contribution in [0.5, 0.6) is 0 Å². The Hall–Kier alpha value is -2.17. The Kier molecular flexibility index (Phi) is 4.08. The first-order valence-corrected chi connectivity index (χ1v) is 9.00. The van der Waals surface area contributed by atoms with Gasteiger partial charge in [-0.15, -0.1) is 0 Å². The lowest BCUT2D eigenvalue weighted by Crippen LogP contribution is -1.88. The summed E-state index contributed by atoms with van der Waals surface area (Å²) in [4.78, 5) is 12.4. The summed E-state index contributed by atoms with van der Waals surface area (Å²) < 4.78 is 0. The highest BCUT2D eigenvalue weighted by atomic mass is 79.9. The highest BCUT2D eigenvalue weighted by Crippen LogP contribution is 2.29. The van der Waals surface area contributed by atoms with E-state index in [0.29, 0.717) is 5.02 Å². The fourth-order valence-electron chi connectivity index (χ4n) is 2.64. The summed E-state index contributed by atoms with van der Waals surface area (Å²) in [6.07, 6.45) is 1.84. The van der Waals surface area contributed by atoms with Crippen LogP contribution in [-0.2, 0) is 5.33 Å². The maximum absolute atomic E-state index is 6.35. The standard InChI is InChI=1S/C19H13BrClN3/c20-10-12-9-15(21)18(22-11-12)13-5-7-14(8-6-13)19-23-16-3-1-2-4-17(16)24-19/h1-9,11H,10H2,(H,23,24). The third-order valence-corrected chi connectivity index (χ3v) is 4.81. The number of aromatic nitrogens is 3. The van der Waals surface area contributed by atoms with E-state index in [2.05, 4.69) is 30.9 Å². The summed E-state index contributed by atoms with van der Waals surface area (Å²) >= 11 is 9.76. The SMILES string of the molecule is Clc1cc(CBr)cnc1-c1ccc(-c2nc3ccccc3[nH]2)cc1. The van der Waals surface area contributed by atoms with Gasteiger partial charge in [0.05, 0.1) is 21.7 Å². The topological polar surface area (TPSA) is 41.6 Å². The first kappa shape index (κ1) is 15.4.